The number of fused-ring (bicyclic) bond motifs is 1. The van der Waals surface area contributed by atoms with Gasteiger partial charge in [-0.15, -0.1) is 0 Å². The molecule has 0 N–H and O–H groups in total. The average Bonchev–Trinajstić information content (AvgIpc) is 2.46. The van der Waals surface area contributed by atoms with Crippen LogP contribution in [0.5, 0.6) is 0 Å². The summed E-state index contributed by atoms with van der Waals surface area (Å²) in [6.45, 7) is 6.12. The maximum atomic E-state index is 15.0. The van der Waals surface area contributed by atoms with Crippen molar-refractivity contribution < 1.29 is 4.39 Å². The highest BCUT2D eigenvalue weighted by Crippen LogP contribution is 2.34. The number of benzene rings is 3. The Kier molecular flexibility index (Phi) is 3.29. The van der Waals surface area contributed by atoms with Gasteiger partial charge in [0.15, 0.2) is 0 Å². The van der Waals surface area contributed by atoms with Gasteiger partial charge in [0, 0.05) is 5.56 Å². The molecule has 1 heteroatoms. The largest absolute Gasteiger partial charge is 0.206 e. The fraction of sp³-hybridized carbons (Fsp3) is 0.200. The fourth-order valence-corrected chi connectivity index (χ4v) is 2.78. The van der Waals surface area contributed by atoms with E-state index in [0.29, 0.717) is 5.56 Å². The zero-order valence-corrected chi connectivity index (χ0v) is 12.7. The van der Waals surface area contributed by atoms with Crippen LogP contribution in [0.15, 0.2) is 60.7 Å². The van der Waals surface area contributed by atoms with Crippen LogP contribution in [0.2, 0.25) is 0 Å². The van der Waals surface area contributed by atoms with Crippen LogP contribution < -0.4 is 0 Å². The monoisotopic (exact) mass is 278 g/mol. The molecule has 0 aliphatic heterocycles. The summed E-state index contributed by atoms with van der Waals surface area (Å²) in [5.74, 6) is -0.110. The molecule has 21 heavy (non-hydrogen) atoms. The Balaban J connectivity index is 2.29. The van der Waals surface area contributed by atoms with E-state index in [-0.39, 0.29) is 11.2 Å². The molecule has 0 nitrogen and oxygen atoms in total. The fourth-order valence-electron chi connectivity index (χ4n) is 2.78. The molecule has 0 aliphatic carbocycles. The summed E-state index contributed by atoms with van der Waals surface area (Å²) < 4.78 is 15.0. The maximum Gasteiger partial charge on any atom is 0.134 e. The smallest absolute Gasteiger partial charge is 0.134 e. The van der Waals surface area contributed by atoms with Crippen molar-refractivity contribution in [3.63, 3.8) is 0 Å². The predicted molar refractivity (Wildman–Crippen MR) is 88.0 cm³/mol. The normalized spacial score (nSPS) is 11.8. The van der Waals surface area contributed by atoms with E-state index in [1.54, 1.807) is 0 Å². The Morgan fingerprint density at radius 2 is 1.33 bits per heavy atom. The van der Waals surface area contributed by atoms with Gasteiger partial charge in [0.25, 0.3) is 0 Å². The SMILES string of the molecule is CC(C)(C)c1cccc(-c2cccc3ccccc23)c1F. The van der Waals surface area contributed by atoms with Crippen LogP contribution in [0.25, 0.3) is 21.9 Å². The lowest BCUT2D eigenvalue weighted by Gasteiger charge is -2.21. The van der Waals surface area contributed by atoms with Crippen LogP contribution in [0.1, 0.15) is 26.3 Å². The first-order chi connectivity index (χ1) is 9.98. The molecule has 0 radical (unpaired) electrons. The molecule has 0 saturated heterocycles. The highest BCUT2D eigenvalue weighted by Gasteiger charge is 2.21. The molecule has 106 valence electrons. The van der Waals surface area contributed by atoms with Crippen molar-refractivity contribution in [2.24, 2.45) is 0 Å². The molecule has 0 amide bonds. The van der Waals surface area contributed by atoms with E-state index in [9.17, 15) is 4.39 Å². The third-order valence-corrected chi connectivity index (χ3v) is 3.89. The molecule has 0 spiro atoms. The van der Waals surface area contributed by atoms with Crippen molar-refractivity contribution in [2.75, 3.05) is 0 Å². The molecule has 0 unspecified atom stereocenters. The lowest BCUT2D eigenvalue weighted by molar-refractivity contribution is 0.525. The first kappa shape index (κ1) is 13.8. The highest BCUT2D eigenvalue weighted by molar-refractivity contribution is 5.96. The zero-order valence-electron chi connectivity index (χ0n) is 12.7. The molecule has 0 fully saturated rings. The summed E-state index contributed by atoms with van der Waals surface area (Å²) in [5.41, 5.74) is 2.19. The van der Waals surface area contributed by atoms with Crippen molar-refractivity contribution in [3.8, 4) is 11.1 Å². The number of rotatable bonds is 1. The van der Waals surface area contributed by atoms with Crippen molar-refractivity contribution in [2.45, 2.75) is 26.2 Å². The summed E-state index contributed by atoms with van der Waals surface area (Å²) in [5, 5.41) is 2.22. The van der Waals surface area contributed by atoms with Crippen LogP contribution >= 0.6 is 0 Å². The summed E-state index contributed by atoms with van der Waals surface area (Å²) in [4.78, 5) is 0. The second-order valence-electron chi connectivity index (χ2n) is 6.44. The van der Waals surface area contributed by atoms with E-state index >= 15 is 0 Å². The average molecular weight is 278 g/mol. The highest BCUT2D eigenvalue weighted by atomic mass is 19.1. The van der Waals surface area contributed by atoms with Crippen molar-refractivity contribution >= 4 is 10.8 Å². The van der Waals surface area contributed by atoms with Crippen LogP contribution in [0.4, 0.5) is 4.39 Å². The van der Waals surface area contributed by atoms with Crippen LogP contribution in [0.3, 0.4) is 0 Å². The zero-order chi connectivity index (χ0) is 15.0. The molecule has 3 rings (SSSR count). The van der Waals surface area contributed by atoms with Gasteiger partial charge in [0.2, 0.25) is 0 Å². The molecule has 0 saturated carbocycles. The molecule has 0 heterocycles. The van der Waals surface area contributed by atoms with Gasteiger partial charge in [-0.3, -0.25) is 0 Å². The van der Waals surface area contributed by atoms with E-state index in [4.69, 9.17) is 0 Å². The molecule has 0 atom stereocenters. The summed E-state index contributed by atoms with van der Waals surface area (Å²) in [6.07, 6.45) is 0. The number of halogens is 1. The second kappa shape index (κ2) is 5.00. The van der Waals surface area contributed by atoms with Crippen LogP contribution in [0, 0.1) is 5.82 Å². The third-order valence-electron chi connectivity index (χ3n) is 3.89. The minimum atomic E-state index is -0.204. The lowest BCUT2D eigenvalue weighted by Crippen LogP contribution is -2.14. The van der Waals surface area contributed by atoms with E-state index in [0.717, 1.165) is 21.9 Å². The van der Waals surface area contributed by atoms with E-state index < -0.39 is 0 Å². The molecule has 3 aromatic carbocycles. The van der Waals surface area contributed by atoms with Crippen molar-refractivity contribution in [1.29, 1.82) is 0 Å². The first-order valence-corrected chi connectivity index (χ1v) is 7.25. The van der Waals surface area contributed by atoms with Gasteiger partial charge in [-0.05, 0) is 27.3 Å². The van der Waals surface area contributed by atoms with Gasteiger partial charge in [-0.1, -0.05) is 81.4 Å². The summed E-state index contributed by atoms with van der Waals surface area (Å²) in [6, 6.07) is 19.8. The molecule has 0 bridgehead atoms. The minimum Gasteiger partial charge on any atom is -0.206 e. The van der Waals surface area contributed by atoms with E-state index in [1.807, 2.05) is 69.3 Å². The molecule has 0 aliphatic rings. The maximum absolute atomic E-state index is 15.0. The molecule has 3 aromatic rings. The molecular formula is C20H19F. The Morgan fingerprint density at radius 1 is 0.714 bits per heavy atom. The van der Waals surface area contributed by atoms with Gasteiger partial charge in [0.1, 0.15) is 5.82 Å². The Bertz CT molecular complexity index is 789. The van der Waals surface area contributed by atoms with Crippen molar-refractivity contribution in [1.82, 2.24) is 0 Å². The van der Waals surface area contributed by atoms with Gasteiger partial charge in [-0.2, -0.15) is 0 Å². The number of hydrogen-bond donors (Lipinski definition) is 0. The Labute approximate surface area is 125 Å². The lowest BCUT2D eigenvalue weighted by atomic mass is 9.84. The topological polar surface area (TPSA) is 0 Å². The van der Waals surface area contributed by atoms with E-state index in [1.165, 1.54) is 0 Å². The van der Waals surface area contributed by atoms with Gasteiger partial charge >= 0.3 is 0 Å². The molecular weight excluding hydrogens is 259 g/mol. The van der Waals surface area contributed by atoms with Gasteiger partial charge in [-0.25, -0.2) is 4.39 Å². The molecule has 0 aromatic heterocycles. The minimum absolute atomic E-state index is 0.110. The summed E-state index contributed by atoms with van der Waals surface area (Å²) in [7, 11) is 0. The Morgan fingerprint density at radius 3 is 2.10 bits per heavy atom. The van der Waals surface area contributed by atoms with Crippen LogP contribution in [-0.2, 0) is 5.41 Å². The third kappa shape index (κ3) is 2.44. The van der Waals surface area contributed by atoms with Gasteiger partial charge < -0.3 is 0 Å². The van der Waals surface area contributed by atoms with Crippen LogP contribution in [-0.4, -0.2) is 0 Å². The number of hydrogen-bond acceptors (Lipinski definition) is 0. The van der Waals surface area contributed by atoms with E-state index in [2.05, 4.69) is 12.1 Å². The van der Waals surface area contributed by atoms with Gasteiger partial charge in [0.05, 0.1) is 0 Å². The standard InChI is InChI=1S/C20H19F/c1-20(2,3)18-13-7-12-17(19(18)21)16-11-6-9-14-8-4-5-10-15(14)16/h4-13H,1-3H3. The second-order valence-corrected chi connectivity index (χ2v) is 6.44. The Hall–Kier alpha value is -2.15. The first-order valence-electron chi connectivity index (χ1n) is 7.25. The quantitative estimate of drug-likeness (QED) is 0.516. The summed E-state index contributed by atoms with van der Waals surface area (Å²) >= 11 is 0. The predicted octanol–water partition coefficient (Wildman–Crippen LogP) is 5.94. The van der Waals surface area contributed by atoms with Crippen molar-refractivity contribution in [3.05, 3.63) is 72.0 Å².